The van der Waals surface area contributed by atoms with Crippen LogP contribution in [0.1, 0.15) is 155 Å². The van der Waals surface area contributed by atoms with Crippen molar-refractivity contribution in [2.75, 3.05) is 13.2 Å². The molecule has 9 N–H and O–H groups in total. The average Bonchev–Trinajstić information content (AvgIpc) is 3.87. The van der Waals surface area contributed by atoms with Crippen LogP contribution in [0.15, 0.2) is 77.3 Å². The number of aliphatic hydroxyl groups excluding tert-OH is 2. The topological polar surface area (TPSA) is 218 Å². The van der Waals surface area contributed by atoms with Gasteiger partial charge >= 0.3 is 0 Å². The third kappa shape index (κ3) is 8.99. The first-order valence-electron chi connectivity index (χ1n) is 25.2. The van der Waals surface area contributed by atoms with Crippen LogP contribution in [0.5, 0.6) is 11.5 Å². The molecule has 9 aliphatic rings. The van der Waals surface area contributed by atoms with E-state index in [1.807, 2.05) is 48.5 Å². The highest BCUT2D eigenvalue weighted by molar-refractivity contribution is 7.86. The Labute approximate surface area is 401 Å². The average molecular weight is 948 g/mol. The van der Waals surface area contributed by atoms with Crippen LogP contribution in [0.4, 0.5) is 0 Å². The van der Waals surface area contributed by atoms with Gasteiger partial charge in [-0.3, -0.25) is 4.55 Å². The van der Waals surface area contributed by atoms with E-state index in [1.54, 1.807) is 12.1 Å². The van der Waals surface area contributed by atoms with Crippen LogP contribution in [-0.2, 0) is 27.0 Å². The van der Waals surface area contributed by atoms with Gasteiger partial charge in [0.15, 0.2) is 5.96 Å². The van der Waals surface area contributed by atoms with Crippen molar-refractivity contribution in [1.29, 1.82) is 0 Å². The number of phenols is 1. The number of hydrogen-bond donors (Lipinski definition) is 7. The molecule has 1 saturated heterocycles. The number of benzene rings is 3. The number of phenolic OH excluding ortho intramolecular Hbond substituents is 1. The van der Waals surface area contributed by atoms with Gasteiger partial charge in [0.2, 0.25) is 5.72 Å². The van der Waals surface area contributed by atoms with E-state index in [0.29, 0.717) is 61.8 Å². The largest absolute Gasteiger partial charge is 0.508 e. The first-order valence-corrected chi connectivity index (χ1v) is 26.7. The van der Waals surface area contributed by atoms with Crippen molar-refractivity contribution in [1.82, 2.24) is 0 Å². The summed E-state index contributed by atoms with van der Waals surface area (Å²) in [6.45, 7) is 1.96. The molecule has 12 rings (SSSR count). The molecule has 3 aromatic carbocycles. The molecule has 5 heterocycles. The molecule has 364 valence electrons. The van der Waals surface area contributed by atoms with E-state index < -0.39 is 44.6 Å². The van der Waals surface area contributed by atoms with Crippen LogP contribution in [-0.4, -0.2) is 69.5 Å². The molecule has 3 fully saturated rings. The fourth-order valence-corrected chi connectivity index (χ4v) is 15.6. The first kappa shape index (κ1) is 47.3. The summed E-state index contributed by atoms with van der Waals surface area (Å²) in [5.74, 6) is 5.07. The lowest BCUT2D eigenvalue weighted by molar-refractivity contribution is -0.0668. The lowest BCUT2D eigenvalue weighted by Crippen LogP contribution is -2.45. The van der Waals surface area contributed by atoms with Gasteiger partial charge in [-0.1, -0.05) is 74.1 Å². The number of aliphatic imine (C=N–C) groups is 1. The van der Waals surface area contributed by atoms with Crippen LogP contribution in [0.3, 0.4) is 0 Å². The van der Waals surface area contributed by atoms with Crippen molar-refractivity contribution in [3.8, 4) is 23.3 Å². The van der Waals surface area contributed by atoms with E-state index in [2.05, 4.69) is 24.8 Å². The number of aryl methyl sites for hydroxylation is 1. The monoisotopic (exact) mass is 947 g/mol. The molecule has 12 atom stereocenters. The molecule has 10 bridgehead atoms. The highest BCUT2D eigenvalue weighted by atomic mass is 32.2. The Morgan fingerprint density at radius 3 is 2.49 bits per heavy atom. The number of rotatable bonds is 8. The number of ether oxygens (including phenoxy) is 2. The normalized spacial score (nSPS) is 34.1. The molecule has 2 saturated carbocycles. The highest BCUT2D eigenvalue weighted by Gasteiger charge is 2.55. The summed E-state index contributed by atoms with van der Waals surface area (Å²) in [6.07, 6.45) is 12.3. The number of nitrogens with two attached hydrogens (primary N) is 2. The fraction of sp³-hybridized carbons (Fsp3) is 0.582. The van der Waals surface area contributed by atoms with Crippen molar-refractivity contribution >= 4 is 16.1 Å². The third-order valence-electron chi connectivity index (χ3n) is 17.8. The highest BCUT2D eigenvalue weighted by Crippen LogP contribution is 2.59. The number of allylic oxidation sites excluding steroid dienone is 1. The van der Waals surface area contributed by atoms with E-state index in [9.17, 15) is 33.4 Å². The number of nitrogens with zero attached hydrogens (tertiary/aromatic N) is 1. The van der Waals surface area contributed by atoms with Gasteiger partial charge in [-0.25, -0.2) is 4.99 Å². The minimum atomic E-state index is -4.67. The van der Waals surface area contributed by atoms with Gasteiger partial charge in [-0.15, -0.1) is 0 Å². The van der Waals surface area contributed by atoms with Crippen LogP contribution in [0, 0.1) is 46.8 Å². The summed E-state index contributed by atoms with van der Waals surface area (Å²) in [7, 11) is -4.67. The SMILES string of the molecule is CC1CCc2cc3ccc2C1CC(S(=O)(=O)O)C1C=C2CC(CC4CC(CO)CC#Cc5cc(O)ccc5C2O4)C1c1ccc(cc1)C(CC(CCO)C1(O)CCC2(CCCC2)C1)(N=C(N)N)O3. The van der Waals surface area contributed by atoms with Crippen molar-refractivity contribution in [2.24, 2.45) is 51.5 Å². The molecule has 68 heavy (non-hydrogen) atoms. The fourth-order valence-electron chi connectivity index (χ4n) is 14.5. The van der Waals surface area contributed by atoms with Gasteiger partial charge in [-0.05, 0) is 165 Å². The van der Waals surface area contributed by atoms with E-state index in [4.69, 9.17) is 25.9 Å². The van der Waals surface area contributed by atoms with Crippen LogP contribution < -0.4 is 16.2 Å². The van der Waals surface area contributed by atoms with E-state index in [1.165, 1.54) is 0 Å². The Kier molecular flexibility index (Phi) is 12.8. The number of aliphatic hydroxyl groups is 3. The zero-order valence-corrected chi connectivity index (χ0v) is 40.0. The number of guanidine groups is 1. The van der Waals surface area contributed by atoms with Crippen LogP contribution in [0.25, 0.3) is 0 Å². The van der Waals surface area contributed by atoms with Crippen molar-refractivity contribution in [3.05, 3.63) is 106 Å². The zero-order valence-electron chi connectivity index (χ0n) is 39.2. The first-order chi connectivity index (χ1) is 32.6. The van der Waals surface area contributed by atoms with E-state index >= 15 is 0 Å². The van der Waals surface area contributed by atoms with E-state index in [-0.39, 0.29) is 78.9 Å². The summed E-state index contributed by atoms with van der Waals surface area (Å²) in [6, 6.07) is 19.0. The second-order valence-corrected chi connectivity index (χ2v) is 23.6. The second kappa shape index (κ2) is 18.4. The molecule has 12 nitrogen and oxygen atoms in total. The molecular weight excluding hydrogens is 879 g/mol. The second-order valence-electron chi connectivity index (χ2n) is 22.0. The minimum absolute atomic E-state index is 0.0721. The predicted molar refractivity (Wildman–Crippen MR) is 260 cm³/mol. The quantitative estimate of drug-likeness (QED) is 0.0377. The van der Waals surface area contributed by atoms with Crippen molar-refractivity contribution < 1.29 is 42.9 Å². The molecule has 4 aliphatic carbocycles. The molecule has 3 aromatic rings. The number of fused-ring (bicyclic) bond motifs is 9. The standard InChI is InChI=1S/C55H69N3O9S/c1-33-7-8-37-26-43-14-16-45(37)47(33)29-49(68(63,64)65)48-28-39-24-38(27-44-23-34(31-60)5-4-6-36-25-42(61)13-15-46(36)51(39)66-44)50(48)35-9-11-40(12-10-35)55(67-43,58-52(56)57)30-41(17-22-59)54(62)21-20-53(32-54)18-2-3-19-53/h9-16,25-26,28,33-34,38,41,44,47-51,59-62H,2-3,5,7-8,17-24,27,29-32H2,1H3,(H4,56,57,58)(H,63,64,65). The van der Waals surface area contributed by atoms with E-state index in [0.717, 1.165) is 72.8 Å². The van der Waals surface area contributed by atoms with Crippen molar-refractivity contribution in [2.45, 2.75) is 150 Å². The van der Waals surface area contributed by atoms with Crippen molar-refractivity contribution in [3.63, 3.8) is 0 Å². The smallest absolute Gasteiger partial charge is 0.268 e. The van der Waals surface area contributed by atoms with Gasteiger partial charge in [0, 0.05) is 48.7 Å². The molecular formula is C55H69N3O9S. The van der Waals surface area contributed by atoms with Gasteiger partial charge in [-0.2, -0.15) is 8.42 Å². The lowest BCUT2D eigenvalue weighted by Gasteiger charge is -2.42. The molecule has 0 amide bonds. The molecule has 1 spiro atoms. The summed E-state index contributed by atoms with van der Waals surface area (Å²) in [5.41, 5.74) is 16.2. The van der Waals surface area contributed by atoms with Gasteiger partial charge < -0.3 is 41.4 Å². The van der Waals surface area contributed by atoms with Crippen LogP contribution >= 0.6 is 0 Å². The Bertz CT molecular complexity index is 2610. The summed E-state index contributed by atoms with van der Waals surface area (Å²) in [5, 5.41) is 43.4. The Morgan fingerprint density at radius 1 is 0.971 bits per heavy atom. The Balaban J connectivity index is 1.16. The van der Waals surface area contributed by atoms with Gasteiger partial charge in [0.05, 0.1) is 17.0 Å². The van der Waals surface area contributed by atoms with Gasteiger partial charge in [0.25, 0.3) is 10.1 Å². The number of hydrogen-bond acceptors (Lipinski definition) is 9. The number of aromatic hydroxyl groups is 1. The molecule has 0 radical (unpaired) electrons. The molecule has 5 aliphatic heterocycles. The molecule has 0 aromatic heterocycles. The maximum atomic E-state index is 14.3. The van der Waals surface area contributed by atoms with Gasteiger partial charge in [0.1, 0.15) is 17.6 Å². The maximum Gasteiger partial charge on any atom is 0.268 e. The summed E-state index contributed by atoms with van der Waals surface area (Å²) >= 11 is 0. The Morgan fingerprint density at radius 2 is 1.75 bits per heavy atom. The van der Waals surface area contributed by atoms with Crippen LogP contribution in [0.2, 0.25) is 0 Å². The Hall–Kier alpha value is -4.42. The summed E-state index contributed by atoms with van der Waals surface area (Å²) in [4.78, 5) is 4.98. The zero-order chi connectivity index (χ0) is 47.6. The predicted octanol–water partition coefficient (Wildman–Crippen LogP) is 8.02. The third-order valence-corrected chi connectivity index (χ3v) is 19.0. The summed E-state index contributed by atoms with van der Waals surface area (Å²) < 4.78 is 54.4. The maximum absolute atomic E-state index is 14.3. The minimum Gasteiger partial charge on any atom is -0.508 e. The molecule has 13 heteroatoms. The molecule has 12 unspecified atom stereocenters. The lowest BCUT2D eigenvalue weighted by atomic mass is 9.64.